The highest BCUT2D eigenvalue weighted by molar-refractivity contribution is 5.99. The molecule has 2 rings (SSSR count). The molecule has 0 aliphatic heterocycles. The van der Waals surface area contributed by atoms with Gasteiger partial charge in [-0.15, -0.1) is 0 Å². The van der Waals surface area contributed by atoms with Gasteiger partial charge >= 0.3 is 0 Å². The Morgan fingerprint density at radius 1 is 1.11 bits per heavy atom. The van der Waals surface area contributed by atoms with Crippen LogP contribution >= 0.6 is 0 Å². The lowest BCUT2D eigenvalue weighted by Gasteiger charge is -2.31. The largest absolute Gasteiger partial charge is 0.294 e. The molecular weight excluding hydrogens is 220 g/mol. The van der Waals surface area contributed by atoms with Gasteiger partial charge in [0.15, 0.2) is 5.78 Å². The molecule has 1 aromatic carbocycles. The molecule has 0 N–H and O–H groups in total. The third kappa shape index (κ3) is 2.50. The fourth-order valence-corrected chi connectivity index (χ4v) is 3.02. The lowest BCUT2D eigenvalue weighted by molar-refractivity contribution is 0.0837. The van der Waals surface area contributed by atoms with Gasteiger partial charge in [-0.05, 0) is 56.1 Å². The average Bonchev–Trinajstić information content (AvgIpc) is 2.35. The summed E-state index contributed by atoms with van der Waals surface area (Å²) < 4.78 is 0. The van der Waals surface area contributed by atoms with Crippen LogP contribution in [0.1, 0.15) is 54.6 Å². The van der Waals surface area contributed by atoms with E-state index in [0.717, 1.165) is 29.9 Å². The second-order valence-electron chi connectivity index (χ2n) is 6.08. The molecule has 1 nitrogen and oxygen atoms in total. The SMILES string of the molecule is Cc1cccc(C(=O)C2CCC(C)C(C)C2)c1C. The number of aryl methyl sites for hydroxylation is 1. The summed E-state index contributed by atoms with van der Waals surface area (Å²) >= 11 is 0. The first-order chi connectivity index (χ1) is 8.50. The lowest BCUT2D eigenvalue weighted by Crippen LogP contribution is -2.27. The summed E-state index contributed by atoms with van der Waals surface area (Å²) in [5.41, 5.74) is 3.33. The van der Waals surface area contributed by atoms with Crippen molar-refractivity contribution >= 4 is 5.78 Å². The van der Waals surface area contributed by atoms with Gasteiger partial charge in [0.25, 0.3) is 0 Å². The number of carbonyl (C=O) groups excluding carboxylic acids is 1. The molecular formula is C17H24O. The molecule has 0 aromatic heterocycles. The molecule has 1 aliphatic carbocycles. The van der Waals surface area contributed by atoms with E-state index in [-0.39, 0.29) is 5.92 Å². The number of ketones is 1. The van der Waals surface area contributed by atoms with Gasteiger partial charge in [-0.3, -0.25) is 4.79 Å². The number of rotatable bonds is 2. The second-order valence-corrected chi connectivity index (χ2v) is 6.08. The summed E-state index contributed by atoms with van der Waals surface area (Å²) in [4.78, 5) is 12.6. The van der Waals surface area contributed by atoms with Crippen molar-refractivity contribution in [3.8, 4) is 0 Å². The third-order valence-corrected chi connectivity index (χ3v) is 4.84. The molecule has 0 amide bonds. The van der Waals surface area contributed by atoms with Gasteiger partial charge in [0.1, 0.15) is 0 Å². The third-order valence-electron chi connectivity index (χ3n) is 4.84. The van der Waals surface area contributed by atoms with Crippen molar-refractivity contribution in [1.82, 2.24) is 0 Å². The maximum atomic E-state index is 12.6. The van der Waals surface area contributed by atoms with Gasteiger partial charge < -0.3 is 0 Å². The summed E-state index contributed by atoms with van der Waals surface area (Å²) in [6, 6.07) is 6.08. The van der Waals surface area contributed by atoms with Crippen molar-refractivity contribution in [2.75, 3.05) is 0 Å². The zero-order chi connectivity index (χ0) is 13.3. The Hall–Kier alpha value is -1.11. The van der Waals surface area contributed by atoms with Crippen LogP contribution in [-0.4, -0.2) is 5.78 Å². The highest BCUT2D eigenvalue weighted by Crippen LogP contribution is 2.35. The van der Waals surface area contributed by atoms with Crippen molar-refractivity contribution in [2.24, 2.45) is 17.8 Å². The van der Waals surface area contributed by atoms with Crippen molar-refractivity contribution in [3.05, 3.63) is 34.9 Å². The normalized spacial score (nSPS) is 28.1. The van der Waals surface area contributed by atoms with E-state index in [2.05, 4.69) is 33.8 Å². The zero-order valence-electron chi connectivity index (χ0n) is 12.0. The molecule has 1 heteroatoms. The topological polar surface area (TPSA) is 17.1 Å². The van der Waals surface area contributed by atoms with Gasteiger partial charge in [0.05, 0.1) is 0 Å². The van der Waals surface area contributed by atoms with Crippen LogP contribution in [0.5, 0.6) is 0 Å². The zero-order valence-corrected chi connectivity index (χ0v) is 12.0. The van der Waals surface area contributed by atoms with E-state index in [1.807, 2.05) is 12.1 Å². The number of hydrogen-bond donors (Lipinski definition) is 0. The minimum Gasteiger partial charge on any atom is -0.294 e. The Kier molecular flexibility index (Phi) is 3.89. The molecule has 0 bridgehead atoms. The first-order valence-electron chi connectivity index (χ1n) is 7.11. The van der Waals surface area contributed by atoms with Gasteiger partial charge in [0.2, 0.25) is 0 Å². The van der Waals surface area contributed by atoms with E-state index in [9.17, 15) is 4.79 Å². The van der Waals surface area contributed by atoms with Crippen molar-refractivity contribution in [3.63, 3.8) is 0 Å². The van der Waals surface area contributed by atoms with Crippen LogP contribution in [-0.2, 0) is 0 Å². The van der Waals surface area contributed by atoms with Crippen molar-refractivity contribution < 1.29 is 4.79 Å². The fraction of sp³-hybridized carbons (Fsp3) is 0.588. The molecule has 0 saturated heterocycles. The van der Waals surface area contributed by atoms with Gasteiger partial charge in [-0.25, -0.2) is 0 Å². The minimum atomic E-state index is 0.247. The molecule has 1 fully saturated rings. The molecule has 1 saturated carbocycles. The molecule has 98 valence electrons. The Morgan fingerprint density at radius 3 is 2.50 bits per heavy atom. The number of benzene rings is 1. The molecule has 0 spiro atoms. The van der Waals surface area contributed by atoms with Crippen molar-refractivity contribution in [2.45, 2.75) is 47.0 Å². The highest BCUT2D eigenvalue weighted by Gasteiger charge is 2.30. The van der Waals surface area contributed by atoms with E-state index < -0.39 is 0 Å². The molecule has 3 atom stereocenters. The predicted octanol–water partition coefficient (Wildman–Crippen LogP) is 4.56. The smallest absolute Gasteiger partial charge is 0.166 e. The predicted molar refractivity (Wildman–Crippen MR) is 75.9 cm³/mol. The Balaban J connectivity index is 2.19. The van der Waals surface area contributed by atoms with Gasteiger partial charge in [-0.2, -0.15) is 0 Å². The summed E-state index contributed by atoms with van der Waals surface area (Å²) in [6.45, 7) is 8.74. The van der Waals surface area contributed by atoms with E-state index in [1.54, 1.807) is 0 Å². The maximum absolute atomic E-state index is 12.6. The van der Waals surface area contributed by atoms with Crippen LogP contribution in [0.15, 0.2) is 18.2 Å². The van der Waals surface area contributed by atoms with Crippen LogP contribution in [0.3, 0.4) is 0 Å². The van der Waals surface area contributed by atoms with Crippen molar-refractivity contribution in [1.29, 1.82) is 0 Å². The molecule has 0 radical (unpaired) electrons. The number of hydrogen-bond acceptors (Lipinski definition) is 1. The Morgan fingerprint density at radius 2 is 1.83 bits per heavy atom. The maximum Gasteiger partial charge on any atom is 0.166 e. The molecule has 1 aliphatic rings. The summed E-state index contributed by atoms with van der Waals surface area (Å²) in [6.07, 6.45) is 3.33. The molecule has 3 unspecified atom stereocenters. The molecule has 1 aromatic rings. The van der Waals surface area contributed by atoms with Crippen LogP contribution in [0, 0.1) is 31.6 Å². The van der Waals surface area contributed by atoms with Crippen LogP contribution in [0.25, 0.3) is 0 Å². The summed E-state index contributed by atoms with van der Waals surface area (Å²) in [5.74, 6) is 2.07. The first kappa shape index (κ1) is 13.3. The second kappa shape index (κ2) is 5.26. The van der Waals surface area contributed by atoms with Crippen LogP contribution < -0.4 is 0 Å². The summed E-state index contributed by atoms with van der Waals surface area (Å²) in [7, 11) is 0. The Bertz CT molecular complexity index is 447. The van der Waals surface area contributed by atoms with Gasteiger partial charge in [0, 0.05) is 11.5 Å². The lowest BCUT2D eigenvalue weighted by atomic mass is 9.73. The summed E-state index contributed by atoms with van der Waals surface area (Å²) in [5, 5.41) is 0. The average molecular weight is 244 g/mol. The van der Waals surface area contributed by atoms with E-state index in [4.69, 9.17) is 0 Å². The van der Waals surface area contributed by atoms with Crippen LogP contribution in [0.4, 0.5) is 0 Å². The number of Topliss-reactive ketones (excluding diaryl/α,β-unsaturated/α-hetero) is 1. The molecule has 18 heavy (non-hydrogen) atoms. The minimum absolute atomic E-state index is 0.247. The van der Waals surface area contributed by atoms with E-state index >= 15 is 0 Å². The van der Waals surface area contributed by atoms with E-state index in [1.165, 1.54) is 12.0 Å². The monoisotopic (exact) mass is 244 g/mol. The fourth-order valence-electron chi connectivity index (χ4n) is 3.02. The Labute approximate surface area is 111 Å². The van der Waals surface area contributed by atoms with Crippen LogP contribution in [0.2, 0.25) is 0 Å². The quantitative estimate of drug-likeness (QED) is 0.697. The number of carbonyl (C=O) groups is 1. The highest BCUT2D eigenvalue weighted by atomic mass is 16.1. The van der Waals surface area contributed by atoms with Gasteiger partial charge in [-0.1, -0.05) is 32.0 Å². The molecule has 0 heterocycles. The first-order valence-corrected chi connectivity index (χ1v) is 7.11. The van der Waals surface area contributed by atoms with E-state index in [0.29, 0.717) is 11.7 Å². The standard InChI is InChI=1S/C17H24O/c1-11-8-9-15(10-13(11)3)17(18)16-7-5-6-12(2)14(16)4/h5-7,11,13,15H,8-10H2,1-4H3.